The Balaban J connectivity index is 1.60. The molecule has 0 amide bonds. The predicted octanol–water partition coefficient (Wildman–Crippen LogP) is 13.9. The van der Waals surface area contributed by atoms with Gasteiger partial charge in [0, 0.05) is 28.2 Å². The molecule has 0 bridgehead atoms. The number of hydrogen-bond acceptors (Lipinski definition) is 3. The van der Waals surface area contributed by atoms with E-state index < -0.39 is 0 Å². The molecule has 4 nitrogen and oxygen atoms in total. The predicted molar refractivity (Wildman–Crippen MR) is 234 cm³/mol. The standard InChI is InChI=1S/C51H57N3O/c1-31-16-22-40(45-39(31)15-14-24-52-45)34-25-35(27-38(26-34)50(8,9)10)41-28-33(32-17-19-36(20-18-32)48(2,3)4)29-43-46(41)53-47(54(43)51(11,12)13)42-30-37(49(5,6)7)21-23-44(42)55/h14-30,55H,1-13H3. The summed E-state index contributed by atoms with van der Waals surface area (Å²) in [7, 11) is 0. The molecule has 0 radical (unpaired) electrons. The first kappa shape index (κ1) is 38.1. The highest BCUT2D eigenvalue weighted by Gasteiger charge is 2.28. The molecule has 7 rings (SSSR count). The molecule has 0 saturated carbocycles. The summed E-state index contributed by atoms with van der Waals surface area (Å²) in [5, 5.41) is 12.7. The summed E-state index contributed by atoms with van der Waals surface area (Å²) in [6.07, 6.45) is 1.89. The zero-order chi connectivity index (χ0) is 39.8. The number of aromatic nitrogens is 3. The largest absolute Gasteiger partial charge is 0.507 e. The average Bonchev–Trinajstić information content (AvgIpc) is 3.50. The SMILES string of the molecule is Cc1ccc(-c2cc(-c3cc(-c4ccc(C(C)(C)C)cc4)cc4c3nc(-c3cc(C(C)(C)C)ccc3O)n4C(C)(C)C)cc(C(C)(C)C)c2)c2ncccc12. The van der Waals surface area contributed by atoms with Crippen LogP contribution in [0.4, 0.5) is 0 Å². The highest BCUT2D eigenvalue weighted by atomic mass is 16.3. The van der Waals surface area contributed by atoms with E-state index in [4.69, 9.17) is 9.97 Å². The third-order valence-corrected chi connectivity index (χ3v) is 11.0. The molecular formula is C51H57N3O. The summed E-state index contributed by atoms with van der Waals surface area (Å²) in [6, 6.07) is 35.2. The van der Waals surface area contributed by atoms with E-state index in [1.165, 1.54) is 16.7 Å². The number of pyridine rings is 1. The van der Waals surface area contributed by atoms with Crippen molar-refractivity contribution in [1.29, 1.82) is 0 Å². The molecule has 2 heterocycles. The normalized spacial score (nSPS) is 12.9. The molecule has 7 aromatic rings. The Kier molecular flexibility index (Phi) is 9.15. The van der Waals surface area contributed by atoms with Gasteiger partial charge in [-0.1, -0.05) is 123 Å². The number of benzene rings is 5. The molecule has 0 unspecified atom stereocenters. The van der Waals surface area contributed by atoms with Crippen LogP contribution in [0.5, 0.6) is 5.75 Å². The van der Waals surface area contributed by atoms with Crippen molar-refractivity contribution in [2.24, 2.45) is 0 Å². The van der Waals surface area contributed by atoms with Gasteiger partial charge in [-0.2, -0.15) is 0 Å². The van der Waals surface area contributed by atoms with Crippen molar-refractivity contribution < 1.29 is 5.11 Å². The quantitative estimate of drug-likeness (QED) is 0.196. The fourth-order valence-electron chi connectivity index (χ4n) is 7.69. The monoisotopic (exact) mass is 727 g/mol. The van der Waals surface area contributed by atoms with Crippen LogP contribution >= 0.6 is 0 Å². The lowest BCUT2D eigenvalue weighted by atomic mass is 9.82. The number of nitrogens with zero attached hydrogens (tertiary/aromatic N) is 3. The molecule has 0 spiro atoms. The molecular weight excluding hydrogens is 671 g/mol. The maximum Gasteiger partial charge on any atom is 0.145 e. The van der Waals surface area contributed by atoms with Crippen LogP contribution in [-0.2, 0) is 21.8 Å². The van der Waals surface area contributed by atoms with Gasteiger partial charge in [-0.05, 0) is 125 Å². The molecule has 0 saturated heterocycles. The number of rotatable bonds is 4. The van der Waals surface area contributed by atoms with Crippen LogP contribution in [-0.4, -0.2) is 19.6 Å². The Bertz CT molecular complexity index is 2580. The van der Waals surface area contributed by atoms with E-state index in [9.17, 15) is 5.11 Å². The van der Waals surface area contributed by atoms with Gasteiger partial charge in [0.2, 0.25) is 0 Å². The Labute approximate surface area is 328 Å². The minimum atomic E-state index is -0.356. The second kappa shape index (κ2) is 13.2. The van der Waals surface area contributed by atoms with Crippen molar-refractivity contribution in [3.05, 3.63) is 126 Å². The van der Waals surface area contributed by atoms with E-state index in [1.807, 2.05) is 24.4 Å². The van der Waals surface area contributed by atoms with E-state index in [0.29, 0.717) is 0 Å². The highest BCUT2D eigenvalue weighted by molar-refractivity contribution is 6.01. The fourth-order valence-corrected chi connectivity index (χ4v) is 7.69. The molecule has 55 heavy (non-hydrogen) atoms. The number of aryl methyl sites for hydroxylation is 1. The van der Waals surface area contributed by atoms with Gasteiger partial charge in [0.15, 0.2) is 0 Å². The van der Waals surface area contributed by atoms with Crippen LogP contribution in [0.15, 0.2) is 103 Å². The van der Waals surface area contributed by atoms with Gasteiger partial charge in [0.05, 0.1) is 22.1 Å². The summed E-state index contributed by atoms with van der Waals surface area (Å²) in [6.45, 7) is 29.0. The van der Waals surface area contributed by atoms with Crippen LogP contribution in [0.1, 0.15) is 105 Å². The van der Waals surface area contributed by atoms with Crippen molar-refractivity contribution in [1.82, 2.24) is 14.5 Å². The topological polar surface area (TPSA) is 50.9 Å². The van der Waals surface area contributed by atoms with Gasteiger partial charge in [-0.25, -0.2) is 4.98 Å². The van der Waals surface area contributed by atoms with E-state index >= 15 is 0 Å². The molecule has 0 atom stereocenters. The number of hydrogen-bond donors (Lipinski definition) is 1. The van der Waals surface area contributed by atoms with Gasteiger partial charge in [0.25, 0.3) is 0 Å². The Hall–Kier alpha value is -5.22. The first-order chi connectivity index (χ1) is 25.6. The van der Waals surface area contributed by atoms with Gasteiger partial charge in [-0.3, -0.25) is 4.98 Å². The smallest absolute Gasteiger partial charge is 0.145 e. The summed E-state index contributed by atoms with van der Waals surface area (Å²) < 4.78 is 2.33. The Morgan fingerprint density at radius 1 is 0.509 bits per heavy atom. The highest BCUT2D eigenvalue weighted by Crippen LogP contribution is 2.44. The first-order valence-corrected chi connectivity index (χ1v) is 19.6. The summed E-state index contributed by atoms with van der Waals surface area (Å²) in [5.74, 6) is 0.984. The first-order valence-electron chi connectivity index (χ1n) is 19.6. The second-order valence-corrected chi connectivity index (χ2v) is 19.5. The van der Waals surface area contributed by atoms with Crippen LogP contribution < -0.4 is 0 Å². The lowest BCUT2D eigenvalue weighted by Gasteiger charge is -2.26. The second-order valence-electron chi connectivity index (χ2n) is 19.5. The molecule has 282 valence electrons. The van der Waals surface area contributed by atoms with Crippen molar-refractivity contribution in [3.8, 4) is 50.5 Å². The minimum absolute atomic E-state index is 0.0514. The molecule has 0 aliphatic carbocycles. The van der Waals surface area contributed by atoms with Crippen LogP contribution in [0, 0.1) is 6.92 Å². The van der Waals surface area contributed by atoms with Gasteiger partial charge in [-0.15, -0.1) is 0 Å². The fraction of sp³-hybridized carbons (Fsp3) is 0.333. The van der Waals surface area contributed by atoms with Gasteiger partial charge < -0.3 is 9.67 Å². The lowest BCUT2D eigenvalue weighted by molar-refractivity contribution is 0.411. The number of aromatic hydroxyl groups is 1. The molecule has 1 N–H and O–H groups in total. The van der Waals surface area contributed by atoms with E-state index in [1.54, 1.807) is 0 Å². The average molecular weight is 728 g/mol. The third kappa shape index (κ3) is 7.20. The van der Waals surface area contributed by atoms with Crippen molar-refractivity contribution >= 4 is 21.9 Å². The number of fused-ring (bicyclic) bond motifs is 2. The lowest BCUT2D eigenvalue weighted by Crippen LogP contribution is -2.23. The molecule has 0 aliphatic heterocycles. The zero-order valence-corrected chi connectivity index (χ0v) is 35.1. The van der Waals surface area contributed by atoms with Crippen LogP contribution in [0.2, 0.25) is 0 Å². The zero-order valence-electron chi connectivity index (χ0n) is 35.1. The van der Waals surface area contributed by atoms with Crippen LogP contribution in [0.25, 0.3) is 66.7 Å². The molecule has 2 aromatic heterocycles. The van der Waals surface area contributed by atoms with Gasteiger partial charge in [0.1, 0.15) is 11.6 Å². The molecule has 0 fully saturated rings. The Morgan fingerprint density at radius 3 is 1.75 bits per heavy atom. The number of phenolic OH excluding ortho intramolecular Hbond substituents is 1. The maximum absolute atomic E-state index is 11.5. The number of imidazole rings is 1. The van der Waals surface area contributed by atoms with Crippen molar-refractivity contribution in [3.63, 3.8) is 0 Å². The van der Waals surface area contributed by atoms with Crippen molar-refractivity contribution in [2.75, 3.05) is 0 Å². The van der Waals surface area contributed by atoms with Gasteiger partial charge >= 0.3 is 0 Å². The third-order valence-electron chi connectivity index (χ3n) is 11.0. The van der Waals surface area contributed by atoms with E-state index in [-0.39, 0.29) is 27.5 Å². The van der Waals surface area contributed by atoms with E-state index in [0.717, 1.165) is 72.3 Å². The minimum Gasteiger partial charge on any atom is -0.507 e. The summed E-state index contributed by atoms with van der Waals surface area (Å²) >= 11 is 0. The summed E-state index contributed by atoms with van der Waals surface area (Å²) in [4.78, 5) is 10.4. The van der Waals surface area contributed by atoms with E-state index in [2.05, 4.69) is 173 Å². The maximum atomic E-state index is 11.5. The number of phenols is 1. The van der Waals surface area contributed by atoms with Crippen LogP contribution in [0.3, 0.4) is 0 Å². The van der Waals surface area contributed by atoms with Crippen molar-refractivity contribution in [2.45, 2.75) is 112 Å². The molecule has 4 heteroatoms. The summed E-state index contributed by atoms with van der Waals surface area (Å²) in [5.41, 5.74) is 14.7. The molecule has 5 aromatic carbocycles. The molecule has 0 aliphatic rings. The Morgan fingerprint density at radius 2 is 1.13 bits per heavy atom.